The van der Waals surface area contributed by atoms with Crippen molar-refractivity contribution in [2.45, 2.75) is 0 Å². The number of hydrogen-bond donors (Lipinski definition) is 1. The molecule has 13 heavy (non-hydrogen) atoms. The fourth-order valence-corrected chi connectivity index (χ4v) is 0.783. The molecule has 0 fully saturated rings. The summed E-state index contributed by atoms with van der Waals surface area (Å²) in [5, 5.41) is 20.4. The molecule has 1 N–H and O–H groups in total. The van der Waals surface area contributed by atoms with Crippen LogP contribution in [-0.2, 0) is 0 Å². The molecule has 0 saturated carbocycles. The van der Waals surface area contributed by atoms with E-state index in [0.29, 0.717) is 0 Å². The topological polar surface area (TPSA) is 79.0 Å². The van der Waals surface area contributed by atoms with Gasteiger partial charge >= 0.3 is 0 Å². The zero-order valence-electron chi connectivity index (χ0n) is 6.32. The Morgan fingerprint density at radius 3 is 2.85 bits per heavy atom. The van der Waals surface area contributed by atoms with Crippen LogP contribution in [0, 0.1) is 27.4 Å². The molecule has 0 atom stereocenters. The Labute approximate surface area is 72.6 Å². The average molecular weight is 181 g/mol. The lowest BCUT2D eigenvalue weighted by molar-refractivity contribution is -0.384. The molecule has 1 aromatic rings. The second-order valence-corrected chi connectivity index (χ2v) is 2.16. The van der Waals surface area contributed by atoms with E-state index < -0.39 is 10.7 Å². The van der Waals surface area contributed by atoms with Crippen LogP contribution >= 0.6 is 0 Å². The minimum atomic E-state index is -0.702. The van der Waals surface area contributed by atoms with E-state index in [1.807, 2.05) is 5.32 Å². The number of non-ortho nitro benzene ring substituents is 1. The normalized spacial score (nSPS) is 8.92. The molecule has 1 rings (SSSR count). The van der Waals surface area contributed by atoms with Crippen LogP contribution in [0.2, 0.25) is 0 Å². The summed E-state index contributed by atoms with van der Waals surface area (Å²) in [7, 11) is 0. The van der Waals surface area contributed by atoms with Gasteiger partial charge in [-0.1, -0.05) is 0 Å². The molecule has 66 valence electrons. The lowest BCUT2D eigenvalue weighted by Crippen LogP contribution is -1.94. The number of nitro groups is 1. The molecule has 1 aromatic carbocycles. The van der Waals surface area contributed by atoms with Crippen molar-refractivity contribution >= 4 is 11.4 Å². The van der Waals surface area contributed by atoms with Crippen LogP contribution in [0.3, 0.4) is 0 Å². The number of rotatable bonds is 2. The molecular weight excluding hydrogens is 177 g/mol. The maximum atomic E-state index is 12.8. The second-order valence-electron chi connectivity index (χ2n) is 2.16. The fourth-order valence-electron chi connectivity index (χ4n) is 0.783. The molecule has 0 radical (unpaired) electrons. The van der Waals surface area contributed by atoms with Crippen LogP contribution < -0.4 is 5.32 Å². The van der Waals surface area contributed by atoms with Crippen molar-refractivity contribution in [2.24, 2.45) is 0 Å². The first-order chi connectivity index (χ1) is 6.15. The van der Waals surface area contributed by atoms with E-state index in [-0.39, 0.29) is 11.4 Å². The van der Waals surface area contributed by atoms with Gasteiger partial charge in [0.2, 0.25) is 0 Å². The molecule has 0 spiro atoms. The SMILES string of the molecule is N#CNc1cc([N+](=O)[O-])ccc1F. The quantitative estimate of drug-likeness (QED) is 0.325. The summed E-state index contributed by atoms with van der Waals surface area (Å²) in [6.45, 7) is 0. The van der Waals surface area contributed by atoms with E-state index in [4.69, 9.17) is 5.26 Å². The summed E-state index contributed by atoms with van der Waals surface area (Å²) in [5.41, 5.74) is -0.462. The van der Waals surface area contributed by atoms with Gasteiger partial charge in [-0.3, -0.25) is 15.4 Å². The Balaban J connectivity index is 3.12. The summed E-state index contributed by atoms with van der Waals surface area (Å²) in [5.74, 6) is -0.702. The van der Waals surface area contributed by atoms with Crippen molar-refractivity contribution in [1.29, 1.82) is 5.26 Å². The summed E-state index contributed by atoms with van der Waals surface area (Å²) in [4.78, 5) is 9.58. The van der Waals surface area contributed by atoms with Crippen LogP contribution in [0.25, 0.3) is 0 Å². The van der Waals surface area contributed by atoms with Crippen LogP contribution in [0.15, 0.2) is 18.2 Å². The number of nitro benzene ring substituents is 1. The third-order valence-corrected chi connectivity index (χ3v) is 1.35. The molecule has 6 heteroatoms. The highest BCUT2D eigenvalue weighted by Crippen LogP contribution is 2.20. The van der Waals surface area contributed by atoms with Gasteiger partial charge in [-0.2, -0.15) is 5.26 Å². The highest BCUT2D eigenvalue weighted by atomic mass is 19.1. The van der Waals surface area contributed by atoms with Crippen molar-refractivity contribution in [3.05, 3.63) is 34.1 Å². The van der Waals surface area contributed by atoms with Crippen LogP contribution in [-0.4, -0.2) is 4.92 Å². The van der Waals surface area contributed by atoms with E-state index in [9.17, 15) is 14.5 Å². The fraction of sp³-hybridized carbons (Fsp3) is 0. The number of anilines is 1. The molecule has 0 aliphatic rings. The Hall–Kier alpha value is -2.16. The number of halogens is 1. The minimum Gasteiger partial charge on any atom is -0.290 e. The summed E-state index contributed by atoms with van der Waals surface area (Å²) in [6.07, 6.45) is 1.48. The largest absolute Gasteiger partial charge is 0.290 e. The van der Waals surface area contributed by atoms with Crippen LogP contribution in [0.4, 0.5) is 15.8 Å². The highest BCUT2D eigenvalue weighted by Gasteiger charge is 2.09. The van der Waals surface area contributed by atoms with E-state index in [2.05, 4.69) is 0 Å². The monoisotopic (exact) mass is 181 g/mol. The lowest BCUT2D eigenvalue weighted by atomic mass is 10.2. The van der Waals surface area contributed by atoms with Crippen LogP contribution in [0.1, 0.15) is 0 Å². The first-order valence-electron chi connectivity index (χ1n) is 3.24. The van der Waals surface area contributed by atoms with Crippen LogP contribution in [0.5, 0.6) is 0 Å². The third kappa shape index (κ3) is 1.90. The van der Waals surface area contributed by atoms with Gasteiger partial charge in [0, 0.05) is 12.1 Å². The average Bonchev–Trinajstić information content (AvgIpc) is 2.08. The number of hydrogen-bond acceptors (Lipinski definition) is 4. The van der Waals surface area contributed by atoms with Crippen molar-refractivity contribution in [3.63, 3.8) is 0 Å². The molecule has 0 unspecified atom stereocenters. The number of nitriles is 1. The van der Waals surface area contributed by atoms with Gasteiger partial charge in [-0.15, -0.1) is 0 Å². The van der Waals surface area contributed by atoms with Gasteiger partial charge < -0.3 is 0 Å². The molecule has 0 saturated heterocycles. The first kappa shape index (κ1) is 8.93. The van der Waals surface area contributed by atoms with E-state index in [1.165, 1.54) is 6.19 Å². The maximum Gasteiger partial charge on any atom is 0.271 e. The molecule has 0 amide bonds. The Kier molecular flexibility index (Phi) is 2.40. The predicted octanol–water partition coefficient (Wildman–Crippen LogP) is 1.63. The van der Waals surface area contributed by atoms with Crippen molar-refractivity contribution in [3.8, 4) is 6.19 Å². The van der Waals surface area contributed by atoms with E-state index >= 15 is 0 Å². The number of nitrogens with one attached hydrogen (secondary N) is 1. The first-order valence-corrected chi connectivity index (χ1v) is 3.24. The lowest BCUT2D eigenvalue weighted by Gasteiger charge is -1.98. The zero-order chi connectivity index (χ0) is 9.84. The zero-order valence-corrected chi connectivity index (χ0v) is 6.32. The Bertz CT molecular complexity index is 386. The Morgan fingerprint density at radius 2 is 2.31 bits per heavy atom. The highest BCUT2D eigenvalue weighted by molar-refractivity contribution is 5.54. The Morgan fingerprint density at radius 1 is 1.62 bits per heavy atom. The molecule has 0 heterocycles. The van der Waals surface area contributed by atoms with Gasteiger partial charge in [0.15, 0.2) is 6.19 Å². The summed E-state index contributed by atoms with van der Waals surface area (Å²) < 4.78 is 12.8. The molecular formula is C7H4FN3O2. The molecule has 0 aliphatic heterocycles. The van der Waals surface area contributed by atoms with Gasteiger partial charge in [0.1, 0.15) is 5.82 Å². The molecule has 0 bridgehead atoms. The van der Waals surface area contributed by atoms with Crippen molar-refractivity contribution in [1.82, 2.24) is 0 Å². The van der Waals surface area contributed by atoms with Gasteiger partial charge in [-0.05, 0) is 6.07 Å². The third-order valence-electron chi connectivity index (χ3n) is 1.35. The number of benzene rings is 1. The summed E-state index contributed by atoms with van der Waals surface area (Å²) in [6, 6.07) is 2.91. The van der Waals surface area contributed by atoms with Gasteiger partial charge in [0.05, 0.1) is 10.6 Å². The molecule has 5 nitrogen and oxygen atoms in total. The minimum absolute atomic E-state index is 0.197. The van der Waals surface area contributed by atoms with E-state index in [0.717, 1.165) is 18.2 Å². The van der Waals surface area contributed by atoms with E-state index in [1.54, 1.807) is 0 Å². The smallest absolute Gasteiger partial charge is 0.271 e. The molecule has 0 aromatic heterocycles. The predicted molar refractivity (Wildman–Crippen MR) is 42.3 cm³/mol. The van der Waals surface area contributed by atoms with Gasteiger partial charge in [0.25, 0.3) is 5.69 Å². The summed E-state index contributed by atoms with van der Waals surface area (Å²) >= 11 is 0. The van der Waals surface area contributed by atoms with Crippen molar-refractivity contribution < 1.29 is 9.31 Å². The maximum absolute atomic E-state index is 12.8. The standard InChI is InChI=1S/C7H4FN3O2/c8-6-2-1-5(11(12)13)3-7(6)10-4-9/h1-3,10H. The number of nitrogens with zero attached hydrogens (tertiary/aromatic N) is 2. The second kappa shape index (κ2) is 3.49. The molecule has 0 aliphatic carbocycles. The van der Waals surface area contributed by atoms with Crippen molar-refractivity contribution in [2.75, 3.05) is 5.32 Å². The van der Waals surface area contributed by atoms with Gasteiger partial charge in [-0.25, -0.2) is 4.39 Å².